The first kappa shape index (κ1) is 13.9. The second-order valence-electron chi connectivity index (χ2n) is 4.07. The van der Waals surface area contributed by atoms with Gasteiger partial charge in [0.1, 0.15) is 0 Å². The molecular formula is C11H27N3. The van der Waals surface area contributed by atoms with Gasteiger partial charge < -0.3 is 16.8 Å². The monoisotopic (exact) mass is 201 g/mol. The van der Waals surface area contributed by atoms with E-state index in [1.54, 1.807) is 0 Å². The summed E-state index contributed by atoms with van der Waals surface area (Å²) in [5.41, 5.74) is 11.1. The molecule has 0 aromatic heterocycles. The molecule has 0 aliphatic carbocycles. The SMILES string of the molecule is C[C@@H](N)CCCNCCCCCCN. The minimum absolute atomic E-state index is 0.348. The lowest BCUT2D eigenvalue weighted by Gasteiger charge is -2.06. The molecule has 86 valence electrons. The summed E-state index contributed by atoms with van der Waals surface area (Å²) in [5, 5.41) is 3.43. The van der Waals surface area contributed by atoms with Crippen molar-refractivity contribution in [3.8, 4) is 0 Å². The van der Waals surface area contributed by atoms with E-state index in [0.29, 0.717) is 6.04 Å². The van der Waals surface area contributed by atoms with Crippen molar-refractivity contribution in [1.29, 1.82) is 0 Å². The smallest absolute Gasteiger partial charge is 0.00109 e. The van der Waals surface area contributed by atoms with Crippen LogP contribution in [-0.4, -0.2) is 25.7 Å². The van der Waals surface area contributed by atoms with Crippen LogP contribution in [0.3, 0.4) is 0 Å². The van der Waals surface area contributed by atoms with Gasteiger partial charge in [0.05, 0.1) is 0 Å². The Balaban J connectivity index is 2.85. The summed E-state index contributed by atoms with van der Waals surface area (Å²) < 4.78 is 0. The van der Waals surface area contributed by atoms with Gasteiger partial charge in [0, 0.05) is 6.04 Å². The number of nitrogens with two attached hydrogens (primary N) is 2. The van der Waals surface area contributed by atoms with Gasteiger partial charge in [-0.05, 0) is 52.2 Å². The van der Waals surface area contributed by atoms with E-state index in [1.165, 1.54) is 32.1 Å². The Labute approximate surface area is 88.6 Å². The van der Waals surface area contributed by atoms with Crippen LogP contribution in [0.4, 0.5) is 0 Å². The van der Waals surface area contributed by atoms with Crippen LogP contribution >= 0.6 is 0 Å². The highest BCUT2D eigenvalue weighted by molar-refractivity contribution is 4.55. The standard InChI is InChI=1S/C11H27N3/c1-11(13)7-6-10-14-9-5-3-2-4-8-12/h11,14H,2-10,12-13H2,1H3/t11-/m1/s1. The Bertz CT molecular complexity index is 105. The lowest BCUT2D eigenvalue weighted by Crippen LogP contribution is -2.20. The number of rotatable bonds is 10. The molecule has 0 bridgehead atoms. The van der Waals surface area contributed by atoms with Crippen molar-refractivity contribution in [2.45, 2.75) is 51.5 Å². The quantitative estimate of drug-likeness (QED) is 0.466. The average Bonchev–Trinajstić information content (AvgIpc) is 2.15. The maximum absolute atomic E-state index is 5.65. The van der Waals surface area contributed by atoms with Crippen molar-refractivity contribution >= 4 is 0 Å². The fraction of sp³-hybridized carbons (Fsp3) is 1.00. The van der Waals surface area contributed by atoms with Crippen molar-refractivity contribution < 1.29 is 0 Å². The Hall–Kier alpha value is -0.120. The molecule has 5 N–H and O–H groups in total. The van der Waals surface area contributed by atoms with E-state index in [-0.39, 0.29) is 0 Å². The van der Waals surface area contributed by atoms with Crippen molar-refractivity contribution in [3.63, 3.8) is 0 Å². The largest absolute Gasteiger partial charge is 0.330 e. The summed E-state index contributed by atoms with van der Waals surface area (Å²) in [6, 6.07) is 0.348. The molecule has 0 fully saturated rings. The van der Waals surface area contributed by atoms with E-state index in [0.717, 1.165) is 26.1 Å². The Morgan fingerprint density at radius 1 is 1.00 bits per heavy atom. The summed E-state index contributed by atoms with van der Waals surface area (Å²) in [4.78, 5) is 0. The Kier molecular flexibility index (Phi) is 10.9. The Morgan fingerprint density at radius 3 is 2.29 bits per heavy atom. The second-order valence-corrected chi connectivity index (χ2v) is 4.07. The zero-order chi connectivity index (χ0) is 10.6. The maximum Gasteiger partial charge on any atom is 0.00109 e. The van der Waals surface area contributed by atoms with Crippen LogP contribution in [0.5, 0.6) is 0 Å². The van der Waals surface area contributed by atoms with E-state index < -0.39 is 0 Å². The molecular weight excluding hydrogens is 174 g/mol. The normalized spacial score (nSPS) is 13.1. The molecule has 0 saturated carbocycles. The summed E-state index contributed by atoms with van der Waals surface area (Å²) >= 11 is 0. The molecule has 0 unspecified atom stereocenters. The second kappa shape index (κ2) is 11.0. The number of unbranched alkanes of at least 4 members (excludes halogenated alkanes) is 3. The fourth-order valence-electron chi connectivity index (χ4n) is 1.42. The van der Waals surface area contributed by atoms with Gasteiger partial charge in [0.2, 0.25) is 0 Å². The highest BCUT2D eigenvalue weighted by Crippen LogP contribution is 1.97. The molecule has 0 aromatic rings. The third-order valence-corrected chi connectivity index (χ3v) is 2.32. The van der Waals surface area contributed by atoms with E-state index in [2.05, 4.69) is 12.2 Å². The molecule has 3 heteroatoms. The van der Waals surface area contributed by atoms with Gasteiger partial charge in [-0.1, -0.05) is 12.8 Å². The van der Waals surface area contributed by atoms with Crippen LogP contribution in [0.1, 0.15) is 45.4 Å². The molecule has 0 heterocycles. The summed E-state index contributed by atoms with van der Waals surface area (Å²) in [6.07, 6.45) is 7.35. The molecule has 0 amide bonds. The molecule has 14 heavy (non-hydrogen) atoms. The predicted molar refractivity (Wildman–Crippen MR) is 63.3 cm³/mol. The fourth-order valence-corrected chi connectivity index (χ4v) is 1.42. The van der Waals surface area contributed by atoms with Crippen LogP contribution in [0, 0.1) is 0 Å². The molecule has 0 aromatic carbocycles. The lowest BCUT2D eigenvalue weighted by atomic mass is 10.2. The van der Waals surface area contributed by atoms with Gasteiger partial charge in [0.15, 0.2) is 0 Å². The van der Waals surface area contributed by atoms with Gasteiger partial charge in [-0.25, -0.2) is 0 Å². The molecule has 0 aliphatic rings. The molecule has 0 radical (unpaired) electrons. The molecule has 0 saturated heterocycles. The van der Waals surface area contributed by atoms with E-state index in [1.807, 2.05) is 0 Å². The van der Waals surface area contributed by atoms with Crippen molar-refractivity contribution in [2.24, 2.45) is 11.5 Å². The van der Waals surface area contributed by atoms with E-state index >= 15 is 0 Å². The van der Waals surface area contributed by atoms with Crippen LogP contribution in [0.2, 0.25) is 0 Å². The third kappa shape index (κ3) is 11.9. The van der Waals surface area contributed by atoms with Crippen LogP contribution in [0.15, 0.2) is 0 Å². The Morgan fingerprint density at radius 2 is 1.64 bits per heavy atom. The molecule has 3 nitrogen and oxygen atoms in total. The van der Waals surface area contributed by atoms with Gasteiger partial charge in [0.25, 0.3) is 0 Å². The van der Waals surface area contributed by atoms with Crippen molar-refractivity contribution in [1.82, 2.24) is 5.32 Å². The maximum atomic E-state index is 5.65. The first-order valence-electron chi connectivity index (χ1n) is 5.93. The first-order valence-corrected chi connectivity index (χ1v) is 5.93. The third-order valence-electron chi connectivity index (χ3n) is 2.32. The van der Waals surface area contributed by atoms with Gasteiger partial charge in [-0.3, -0.25) is 0 Å². The summed E-state index contributed by atoms with van der Waals surface area (Å²) in [5.74, 6) is 0. The van der Waals surface area contributed by atoms with Crippen molar-refractivity contribution in [3.05, 3.63) is 0 Å². The van der Waals surface area contributed by atoms with Gasteiger partial charge >= 0.3 is 0 Å². The topological polar surface area (TPSA) is 64.1 Å². The number of nitrogens with one attached hydrogen (secondary N) is 1. The van der Waals surface area contributed by atoms with E-state index in [9.17, 15) is 0 Å². The minimum Gasteiger partial charge on any atom is -0.330 e. The van der Waals surface area contributed by atoms with Crippen molar-refractivity contribution in [2.75, 3.05) is 19.6 Å². The molecule has 0 aliphatic heterocycles. The average molecular weight is 201 g/mol. The number of hydrogen-bond donors (Lipinski definition) is 3. The lowest BCUT2D eigenvalue weighted by molar-refractivity contribution is 0.549. The van der Waals surface area contributed by atoms with Crippen LogP contribution in [-0.2, 0) is 0 Å². The summed E-state index contributed by atoms with van der Waals surface area (Å²) in [7, 11) is 0. The highest BCUT2D eigenvalue weighted by Gasteiger charge is 1.93. The van der Waals surface area contributed by atoms with E-state index in [4.69, 9.17) is 11.5 Å². The van der Waals surface area contributed by atoms with Crippen LogP contribution < -0.4 is 16.8 Å². The number of hydrogen-bond acceptors (Lipinski definition) is 3. The highest BCUT2D eigenvalue weighted by atomic mass is 14.8. The molecule has 1 atom stereocenters. The zero-order valence-corrected chi connectivity index (χ0v) is 9.60. The van der Waals surface area contributed by atoms with Gasteiger partial charge in [-0.15, -0.1) is 0 Å². The minimum atomic E-state index is 0.348. The predicted octanol–water partition coefficient (Wildman–Crippen LogP) is 1.22. The molecule has 0 rings (SSSR count). The summed E-state index contributed by atoms with van der Waals surface area (Å²) in [6.45, 7) is 5.15. The first-order chi connectivity index (χ1) is 6.77. The molecule has 0 spiro atoms. The van der Waals surface area contributed by atoms with Gasteiger partial charge in [-0.2, -0.15) is 0 Å². The zero-order valence-electron chi connectivity index (χ0n) is 9.60. The van der Waals surface area contributed by atoms with Crippen LogP contribution in [0.25, 0.3) is 0 Å².